The van der Waals surface area contributed by atoms with Crippen LogP contribution in [-0.4, -0.2) is 17.1 Å². The van der Waals surface area contributed by atoms with Gasteiger partial charge in [0, 0.05) is 6.04 Å². The number of hydrogen-bond donors (Lipinski definition) is 4. The maximum atomic E-state index is 13.8. The Kier molecular flexibility index (Phi) is 6.51. The number of hydrogen-bond acceptors (Lipinski definition) is 4. The van der Waals surface area contributed by atoms with E-state index in [2.05, 4.69) is 41.9 Å². The van der Waals surface area contributed by atoms with Gasteiger partial charge >= 0.3 is 0 Å². The Morgan fingerprint density at radius 1 is 1.03 bits per heavy atom. The minimum Gasteiger partial charge on any atom is -0.392 e. The van der Waals surface area contributed by atoms with Gasteiger partial charge in [-0.1, -0.05) is 69.5 Å². The number of aliphatic hydroxyl groups excluding tert-OH is 1. The lowest BCUT2D eigenvalue weighted by molar-refractivity contribution is -0.128. The van der Waals surface area contributed by atoms with Gasteiger partial charge in [-0.25, -0.2) is 0 Å². The summed E-state index contributed by atoms with van der Waals surface area (Å²) in [6.45, 7) is 4.35. The molecule has 1 aliphatic carbocycles. The Bertz CT molecular complexity index is 863. The van der Waals surface area contributed by atoms with Crippen molar-refractivity contribution in [2.24, 2.45) is 11.8 Å². The summed E-state index contributed by atoms with van der Waals surface area (Å²) < 4.78 is 0. The van der Waals surface area contributed by atoms with Crippen molar-refractivity contribution in [2.45, 2.75) is 70.7 Å². The average molecular weight is 422 g/mol. The fourth-order valence-electron chi connectivity index (χ4n) is 5.05. The lowest BCUT2D eigenvalue weighted by atomic mass is 9.79. The molecule has 1 fully saturated rings. The second-order valence-electron chi connectivity index (χ2n) is 9.48. The van der Waals surface area contributed by atoms with Gasteiger partial charge in [0.25, 0.3) is 0 Å². The number of rotatable bonds is 7. The zero-order valence-corrected chi connectivity index (χ0v) is 18.7. The molecule has 1 aliphatic heterocycles. The lowest BCUT2D eigenvalue weighted by Gasteiger charge is -2.40. The number of carbonyl (C=O) groups is 1. The van der Waals surface area contributed by atoms with E-state index in [9.17, 15) is 9.90 Å². The molecule has 4 rings (SSSR count). The van der Waals surface area contributed by atoms with Crippen LogP contribution >= 0.6 is 0 Å². The first-order valence-electron chi connectivity index (χ1n) is 11.7. The van der Waals surface area contributed by atoms with Gasteiger partial charge in [-0.2, -0.15) is 0 Å². The van der Waals surface area contributed by atoms with E-state index in [-0.39, 0.29) is 24.5 Å². The number of anilines is 2. The van der Waals surface area contributed by atoms with Crippen molar-refractivity contribution in [2.75, 3.05) is 10.6 Å². The lowest BCUT2D eigenvalue weighted by Crippen LogP contribution is -2.54. The largest absolute Gasteiger partial charge is 0.392 e. The normalized spacial score (nSPS) is 18.7. The first-order valence-corrected chi connectivity index (χ1v) is 11.7. The first kappa shape index (κ1) is 21.7. The molecule has 0 spiro atoms. The molecule has 1 amide bonds. The highest BCUT2D eigenvalue weighted by Crippen LogP contribution is 2.45. The molecule has 31 heavy (non-hydrogen) atoms. The minimum atomic E-state index is -0.735. The number of para-hydroxylation sites is 2. The van der Waals surface area contributed by atoms with E-state index in [1.54, 1.807) is 0 Å². The predicted octanol–water partition coefficient (Wildman–Crippen LogP) is 4.98. The SMILES string of the molecule is CC(C)CC(C(=O)NC1CCCCC1)C1(c2ccc(CO)cc2)Nc2ccccc2N1. The Morgan fingerprint density at radius 2 is 1.65 bits per heavy atom. The van der Waals surface area contributed by atoms with Gasteiger partial charge in [0.05, 0.1) is 23.9 Å². The van der Waals surface area contributed by atoms with Crippen molar-refractivity contribution in [3.05, 3.63) is 59.7 Å². The van der Waals surface area contributed by atoms with Crippen LogP contribution in [0.25, 0.3) is 0 Å². The van der Waals surface area contributed by atoms with Crippen LogP contribution in [0.3, 0.4) is 0 Å². The van der Waals surface area contributed by atoms with Crippen LogP contribution in [-0.2, 0) is 17.1 Å². The molecule has 5 heteroatoms. The summed E-state index contributed by atoms with van der Waals surface area (Å²) in [5.74, 6) is 0.185. The minimum absolute atomic E-state index is 0.00590. The fourth-order valence-corrected chi connectivity index (χ4v) is 5.05. The number of carbonyl (C=O) groups excluding carboxylic acids is 1. The summed E-state index contributed by atoms with van der Waals surface area (Å²) in [5, 5.41) is 20.3. The molecule has 1 heterocycles. The second-order valence-corrected chi connectivity index (χ2v) is 9.48. The Balaban J connectivity index is 1.72. The monoisotopic (exact) mass is 421 g/mol. The molecule has 1 saturated carbocycles. The van der Waals surface area contributed by atoms with E-state index in [1.165, 1.54) is 19.3 Å². The van der Waals surface area contributed by atoms with Gasteiger partial charge in [0.15, 0.2) is 0 Å². The molecular weight excluding hydrogens is 386 g/mol. The molecule has 2 aliphatic rings. The molecule has 1 unspecified atom stereocenters. The third-order valence-electron chi connectivity index (χ3n) is 6.68. The fraction of sp³-hybridized carbons (Fsp3) is 0.500. The first-order chi connectivity index (χ1) is 15.0. The Morgan fingerprint density at radius 3 is 2.19 bits per heavy atom. The summed E-state index contributed by atoms with van der Waals surface area (Å²) in [5.41, 5.74) is 3.15. The van der Waals surface area contributed by atoms with Crippen molar-refractivity contribution in [3.8, 4) is 0 Å². The Labute approximate surface area is 185 Å². The quantitative estimate of drug-likeness (QED) is 0.509. The predicted molar refractivity (Wildman–Crippen MR) is 126 cm³/mol. The molecule has 0 saturated heterocycles. The molecule has 4 N–H and O–H groups in total. The zero-order valence-electron chi connectivity index (χ0n) is 18.7. The molecule has 5 nitrogen and oxygen atoms in total. The van der Waals surface area contributed by atoms with Crippen LogP contribution in [0.1, 0.15) is 63.5 Å². The Hall–Kier alpha value is -2.53. The highest BCUT2D eigenvalue weighted by atomic mass is 16.3. The summed E-state index contributed by atoms with van der Waals surface area (Å²) in [6.07, 6.45) is 6.54. The maximum Gasteiger partial charge on any atom is 0.228 e. The maximum absolute atomic E-state index is 13.8. The van der Waals surface area contributed by atoms with E-state index in [4.69, 9.17) is 0 Å². The van der Waals surface area contributed by atoms with E-state index >= 15 is 0 Å². The van der Waals surface area contributed by atoms with Crippen LogP contribution in [0.15, 0.2) is 48.5 Å². The summed E-state index contributed by atoms with van der Waals surface area (Å²) in [7, 11) is 0. The summed E-state index contributed by atoms with van der Waals surface area (Å²) >= 11 is 0. The van der Waals surface area contributed by atoms with Crippen molar-refractivity contribution in [3.63, 3.8) is 0 Å². The van der Waals surface area contributed by atoms with Gasteiger partial charge in [0.1, 0.15) is 5.66 Å². The smallest absolute Gasteiger partial charge is 0.228 e. The molecule has 2 aromatic rings. The van der Waals surface area contributed by atoms with Gasteiger partial charge in [-0.05, 0) is 48.4 Å². The second kappa shape index (κ2) is 9.31. The average Bonchev–Trinajstić information content (AvgIpc) is 3.18. The third-order valence-corrected chi connectivity index (χ3v) is 6.68. The van der Waals surface area contributed by atoms with E-state index in [1.807, 2.05) is 36.4 Å². The van der Waals surface area contributed by atoms with Gasteiger partial charge in [-0.15, -0.1) is 0 Å². The highest BCUT2D eigenvalue weighted by molar-refractivity contribution is 5.86. The van der Waals surface area contributed by atoms with Crippen LogP contribution in [0.2, 0.25) is 0 Å². The van der Waals surface area contributed by atoms with Crippen molar-refractivity contribution in [1.29, 1.82) is 0 Å². The van der Waals surface area contributed by atoms with E-state index in [0.29, 0.717) is 5.92 Å². The van der Waals surface area contributed by atoms with Crippen LogP contribution in [0, 0.1) is 11.8 Å². The zero-order chi connectivity index (χ0) is 21.8. The number of amides is 1. The van der Waals surface area contributed by atoms with Crippen LogP contribution < -0.4 is 16.0 Å². The van der Waals surface area contributed by atoms with Crippen molar-refractivity contribution < 1.29 is 9.90 Å². The van der Waals surface area contributed by atoms with Gasteiger partial charge in [-0.3, -0.25) is 4.79 Å². The molecular formula is C26H35N3O2. The standard InChI is InChI=1S/C26H35N3O2/c1-18(2)16-22(25(31)27-21-8-4-3-5-9-21)26(20-14-12-19(17-30)13-15-20)28-23-10-6-7-11-24(23)29-26/h6-7,10-15,18,21-22,28-30H,3-5,8-9,16-17H2,1-2H3,(H,27,31). The summed E-state index contributed by atoms with van der Waals surface area (Å²) in [4.78, 5) is 13.8. The van der Waals surface area contributed by atoms with Gasteiger partial charge < -0.3 is 21.1 Å². The molecule has 166 valence electrons. The number of fused-ring (bicyclic) bond motifs is 1. The van der Waals surface area contributed by atoms with Crippen LogP contribution in [0.5, 0.6) is 0 Å². The summed E-state index contributed by atoms with van der Waals surface area (Å²) in [6, 6.07) is 16.3. The topological polar surface area (TPSA) is 73.4 Å². The van der Waals surface area contributed by atoms with E-state index < -0.39 is 5.66 Å². The van der Waals surface area contributed by atoms with E-state index in [0.717, 1.165) is 41.8 Å². The number of benzene rings is 2. The van der Waals surface area contributed by atoms with Crippen molar-refractivity contribution in [1.82, 2.24) is 5.32 Å². The van der Waals surface area contributed by atoms with Crippen LogP contribution in [0.4, 0.5) is 11.4 Å². The third kappa shape index (κ3) is 4.57. The molecule has 0 radical (unpaired) electrons. The number of aliphatic hydroxyl groups is 1. The molecule has 2 aromatic carbocycles. The highest BCUT2D eigenvalue weighted by Gasteiger charge is 2.48. The number of nitrogens with one attached hydrogen (secondary N) is 3. The van der Waals surface area contributed by atoms with Gasteiger partial charge in [0.2, 0.25) is 5.91 Å². The molecule has 0 bridgehead atoms. The molecule has 0 aromatic heterocycles. The molecule has 1 atom stereocenters. The van der Waals surface area contributed by atoms with Crippen molar-refractivity contribution >= 4 is 17.3 Å².